The minimum atomic E-state index is -0.0901. The molecule has 0 spiro atoms. The van der Waals surface area contributed by atoms with E-state index in [-0.39, 0.29) is 18.9 Å². The molecule has 3 aromatic rings. The molecule has 33 heavy (non-hydrogen) atoms. The maximum atomic E-state index is 9.73. The average Bonchev–Trinajstić information content (AvgIpc) is 3.28. The van der Waals surface area contributed by atoms with Crippen molar-refractivity contribution in [3.63, 3.8) is 0 Å². The van der Waals surface area contributed by atoms with E-state index in [2.05, 4.69) is 16.0 Å². The average molecular weight is 449 g/mol. The third-order valence-electron chi connectivity index (χ3n) is 6.02. The normalized spacial score (nSPS) is 16.6. The fourth-order valence-corrected chi connectivity index (χ4v) is 4.19. The van der Waals surface area contributed by atoms with Crippen molar-refractivity contribution in [3.05, 3.63) is 77.5 Å². The van der Waals surface area contributed by atoms with Gasteiger partial charge in [-0.1, -0.05) is 24.3 Å². The Morgan fingerprint density at radius 1 is 1.15 bits per heavy atom. The first-order chi connectivity index (χ1) is 16.1. The van der Waals surface area contributed by atoms with E-state index in [0.29, 0.717) is 12.3 Å². The lowest BCUT2D eigenvalue weighted by Gasteiger charge is -2.29. The number of pyridine rings is 1. The first-order valence-corrected chi connectivity index (χ1v) is 11.5. The Kier molecular flexibility index (Phi) is 7.47. The van der Waals surface area contributed by atoms with Gasteiger partial charge >= 0.3 is 0 Å². The number of aliphatic hydroxyl groups excluding tert-OH is 1. The molecule has 0 bridgehead atoms. The molecule has 1 unspecified atom stereocenters. The lowest BCUT2D eigenvalue weighted by atomic mass is 10.1. The van der Waals surface area contributed by atoms with Crippen LogP contribution >= 0.6 is 0 Å². The van der Waals surface area contributed by atoms with Crippen LogP contribution in [0.25, 0.3) is 0 Å². The molecule has 0 amide bonds. The Labute approximate surface area is 195 Å². The maximum absolute atomic E-state index is 9.73. The smallest absolute Gasteiger partial charge is 0.215 e. The molecule has 1 aliphatic rings. The summed E-state index contributed by atoms with van der Waals surface area (Å²) in [5.41, 5.74) is 4.18. The van der Waals surface area contributed by atoms with Crippen molar-refractivity contribution in [2.24, 2.45) is 0 Å². The summed E-state index contributed by atoms with van der Waals surface area (Å²) >= 11 is 0. The minimum absolute atomic E-state index is 0.0621. The standard InChI is InChI=1S/C27H32N2O4/c1-19-10-13-26(28-18-19)33-27-9-6-15-29(27)24-12-11-22(17-21(24)14-16-30)32-25-8-5-4-7-23(25)20(2)31-3/h4-5,7-8,10-13,17-18,20,27,30H,6,9,14-16H2,1-3H3/t20?,27-/m0/s1. The monoisotopic (exact) mass is 448 g/mol. The van der Waals surface area contributed by atoms with Crippen molar-refractivity contribution >= 4 is 5.69 Å². The molecule has 1 saturated heterocycles. The molecule has 2 atom stereocenters. The van der Waals surface area contributed by atoms with Gasteiger partial charge in [-0.25, -0.2) is 4.98 Å². The fraction of sp³-hybridized carbons (Fsp3) is 0.370. The first-order valence-electron chi connectivity index (χ1n) is 11.5. The van der Waals surface area contributed by atoms with Crippen LogP contribution in [0.5, 0.6) is 17.4 Å². The molecule has 0 radical (unpaired) electrons. The van der Waals surface area contributed by atoms with Crippen LogP contribution in [-0.4, -0.2) is 36.6 Å². The molecule has 6 nitrogen and oxygen atoms in total. The van der Waals surface area contributed by atoms with Crippen LogP contribution in [0.15, 0.2) is 60.8 Å². The summed E-state index contributed by atoms with van der Waals surface area (Å²) in [6.07, 6.45) is 4.15. The number of nitrogens with zero attached hydrogens (tertiary/aromatic N) is 2. The maximum Gasteiger partial charge on any atom is 0.215 e. The Morgan fingerprint density at radius 2 is 2.00 bits per heavy atom. The second kappa shape index (κ2) is 10.7. The number of aryl methyl sites for hydroxylation is 1. The van der Waals surface area contributed by atoms with Gasteiger partial charge in [-0.2, -0.15) is 0 Å². The van der Waals surface area contributed by atoms with Gasteiger partial charge < -0.3 is 24.2 Å². The predicted octanol–water partition coefficient (Wildman–Crippen LogP) is 5.43. The minimum Gasteiger partial charge on any atom is -0.457 e. The number of hydrogen-bond acceptors (Lipinski definition) is 6. The number of rotatable bonds is 9. The topological polar surface area (TPSA) is 64.1 Å². The van der Waals surface area contributed by atoms with Crippen molar-refractivity contribution in [3.8, 4) is 17.4 Å². The summed E-state index contributed by atoms with van der Waals surface area (Å²) in [4.78, 5) is 6.66. The fourth-order valence-electron chi connectivity index (χ4n) is 4.19. The van der Waals surface area contributed by atoms with Crippen LogP contribution in [0.3, 0.4) is 0 Å². The molecular formula is C27H32N2O4. The van der Waals surface area contributed by atoms with E-state index in [1.54, 1.807) is 7.11 Å². The van der Waals surface area contributed by atoms with Crippen LogP contribution in [0.4, 0.5) is 5.69 Å². The first kappa shape index (κ1) is 23.1. The zero-order chi connectivity index (χ0) is 23.2. The van der Waals surface area contributed by atoms with Crippen molar-refractivity contribution in [1.82, 2.24) is 4.98 Å². The van der Waals surface area contributed by atoms with Crippen molar-refractivity contribution in [2.45, 2.75) is 45.4 Å². The zero-order valence-corrected chi connectivity index (χ0v) is 19.5. The van der Waals surface area contributed by atoms with Crippen LogP contribution < -0.4 is 14.4 Å². The molecule has 2 aromatic carbocycles. The highest BCUT2D eigenvalue weighted by molar-refractivity contribution is 5.58. The van der Waals surface area contributed by atoms with E-state index in [1.165, 1.54) is 0 Å². The number of benzene rings is 2. The quantitative estimate of drug-likeness (QED) is 0.471. The van der Waals surface area contributed by atoms with Gasteiger partial charge in [0.15, 0.2) is 6.23 Å². The highest BCUT2D eigenvalue weighted by atomic mass is 16.5. The van der Waals surface area contributed by atoms with E-state index in [4.69, 9.17) is 14.2 Å². The molecule has 0 aliphatic carbocycles. The number of methoxy groups -OCH3 is 1. The van der Waals surface area contributed by atoms with E-state index < -0.39 is 0 Å². The second-order valence-electron chi connectivity index (χ2n) is 8.36. The highest BCUT2D eigenvalue weighted by Gasteiger charge is 2.28. The highest BCUT2D eigenvalue weighted by Crippen LogP contribution is 2.36. The molecule has 1 aliphatic heterocycles. The van der Waals surface area contributed by atoms with Gasteiger partial charge in [-0.3, -0.25) is 0 Å². The summed E-state index contributed by atoms with van der Waals surface area (Å²) in [5.74, 6) is 2.13. The molecular weight excluding hydrogens is 416 g/mol. The van der Waals surface area contributed by atoms with Gasteiger partial charge in [-0.05, 0) is 62.1 Å². The molecule has 0 saturated carbocycles. The molecule has 6 heteroatoms. The summed E-state index contributed by atoms with van der Waals surface area (Å²) in [5, 5.41) is 9.73. The predicted molar refractivity (Wildman–Crippen MR) is 129 cm³/mol. The Balaban J connectivity index is 1.58. The largest absolute Gasteiger partial charge is 0.457 e. The van der Waals surface area contributed by atoms with Gasteiger partial charge in [-0.15, -0.1) is 0 Å². The van der Waals surface area contributed by atoms with Crippen molar-refractivity contribution in [2.75, 3.05) is 25.2 Å². The second-order valence-corrected chi connectivity index (χ2v) is 8.36. The van der Waals surface area contributed by atoms with Gasteiger partial charge in [0.05, 0.1) is 6.10 Å². The van der Waals surface area contributed by atoms with Crippen molar-refractivity contribution in [1.29, 1.82) is 0 Å². The number of aliphatic hydroxyl groups is 1. The number of aromatic nitrogens is 1. The van der Waals surface area contributed by atoms with E-state index in [0.717, 1.165) is 53.3 Å². The lowest BCUT2D eigenvalue weighted by Crippen LogP contribution is -2.35. The number of hydrogen-bond donors (Lipinski definition) is 1. The third kappa shape index (κ3) is 5.46. The van der Waals surface area contributed by atoms with E-state index >= 15 is 0 Å². The number of ether oxygens (including phenoxy) is 3. The number of anilines is 1. The third-order valence-corrected chi connectivity index (χ3v) is 6.02. The summed E-state index contributed by atoms with van der Waals surface area (Å²) in [6, 6.07) is 17.9. The van der Waals surface area contributed by atoms with E-state index in [9.17, 15) is 5.11 Å². The molecule has 1 N–H and O–H groups in total. The zero-order valence-electron chi connectivity index (χ0n) is 19.5. The number of para-hydroxylation sites is 1. The Hall–Kier alpha value is -3.09. The Morgan fingerprint density at radius 3 is 2.76 bits per heavy atom. The van der Waals surface area contributed by atoms with Crippen molar-refractivity contribution < 1.29 is 19.3 Å². The molecule has 4 rings (SSSR count). The van der Waals surface area contributed by atoms with E-state index in [1.807, 2.05) is 68.6 Å². The van der Waals surface area contributed by atoms with Crippen LogP contribution in [0, 0.1) is 6.92 Å². The van der Waals surface area contributed by atoms with Gasteiger partial charge in [0.25, 0.3) is 0 Å². The van der Waals surface area contributed by atoms with Crippen LogP contribution in [-0.2, 0) is 11.2 Å². The molecule has 1 aromatic heterocycles. The van der Waals surface area contributed by atoms with Crippen LogP contribution in [0.1, 0.15) is 42.6 Å². The molecule has 2 heterocycles. The van der Waals surface area contributed by atoms with Gasteiger partial charge in [0, 0.05) is 50.2 Å². The summed E-state index contributed by atoms with van der Waals surface area (Å²) in [7, 11) is 1.69. The SMILES string of the molecule is COC(C)c1ccccc1Oc1ccc(N2CCC[C@@H]2Oc2ccc(C)cn2)c(CCO)c1. The van der Waals surface area contributed by atoms with Crippen LogP contribution in [0.2, 0.25) is 0 Å². The summed E-state index contributed by atoms with van der Waals surface area (Å²) in [6.45, 7) is 4.96. The van der Waals surface area contributed by atoms with Gasteiger partial charge in [0.1, 0.15) is 11.5 Å². The lowest BCUT2D eigenvalue weighted by molar-refractivity contribution is 0.117. The summed E-state index contributed by atoms with van der Waals surface area (Å²) < 4.78 is 18.0. The molecule has 174 valence electrons. The van der Waals surface area contributed by atoms with Gasteiger partial charge in [0.2, 0.25) is 5.88 Å². The molecule has 1 fully saturated rings. The Bertz CT molecular complexity index is 1050.